The van der Waals surface area contributed by atoms with E-state index in [1.807, 2.05) is 0 Å². The molecule has 0 aromatic rings. The summed E-state index contributed by atoms with van der Waals surface area (Å²) >= 11 is 0.946. The van der Waals surface area contributed by atoms with Gasteiger partial charge in [0.25, 0.3) is 0 Å². The van der Waals surface area contributed by atoms with Crippen molar-refractivity contribution in [2.75, 3.05) is 19.0 Å². The third kappa shape index (κ3) is 14.2. The molecule has 0 fully saturated rings. The number of esters is 2. The normalized spacial score (nSPS) is 12.1. The predicted octanol–water partition coefficient (Wildman–Crippen LogP) is -2.27. The van der Waals surface area contributed by atoms with Crippen molar-refractivity contribution in [3.63, 3.8) is 0 Å². The molecule has 2 unspecified atom stereocenters. The molecule has 0 spiro atoms. The summed E-state index contributed by atoms with van der Waals surface area (Å²) in [5.41, 5.74) is 5.65. The molecule has 0 aliphatic carbocycles. The molecule has 0 heterocycles. The highest BCUT2D eigenvalue weighted by Gasteiger charge is 2.24. The highest BCUT2D eigenvalue weighted by Crippen LogP contribution is 2.11. The smallest absolute Gasteiger partial charge is 0.322 e. The number of carbonyl (C=O) groups is 5. The quantitative estimate of drug-likeness (QED) is 0.254. The van der Waals surface area contributed by atoms with Gasteiger partial charge in [0, 0.05) is 25.0 Å². The maximum atomic E-state index is 12.4. The third-order valence-electron chi connectivity index (χ3n) is 3.58. The van der Waals surface area contributed by atoms with Gasteiger partial charge in [0.1, 0.15) is 6.04 Å². The number of hydrogen-bond donors (Lipinski definition) is 2. The number of amides is 1. The van der Waals surface area contributed by atoms with E-state index >= 15 is 0 Å². The first-order valence-electron chi connectivity index (χ1n) is 9.30. The van der Waals surface area contributed by atoms with Gasteiger partial charge >= 0.3 is 11.9 Å². The van der Waals surface area contributed by atoms with Crippen molar-refractivity contribution in [3.8, 4) is 0 Å². The van der Waals surface area contributed by atoms with Gasteiger partial charge in [0.05, 0.1) is 25.7 Å². The molecule has 0 aliphatic heterocycles. The van der Waals surface area contributed by atoms with Crippen molar-refractivity contribution in [2.45, 2.75) is 65.0 Å². The Labute approximate surface area is 186 Å². The van der Waals surface area contributed by atoms with Crippen LogP contribution in [0.25, 0.3) is 0 Å². The number of Topliss-reactive ketones (excluding diaryl/α,β-unsaturated/α-hetero) is 1. The van der Waals surface area contributed by atoms with E-state index in [9.17, 15) is 24.0 Å². The zero-order valence-corrected chi connectivity index (χ0v) is 19.4. The van der Waals surface area contributed by atoms with Crippen LogP contribution < -0.4 is 28.0 Å². The lowest BCUT2D eigenvalue weighted by atomic mass is 10.1. The van der Waals surface area contributed by atoms with E-state index in [1.54, 1.807) is 20.8 Å². The molecule has 168 valence electrons. The molecule has 0 aromatic carbocycles. The van der Waals surface area contributed by atoms with Crippen molar-refractivity contribution in [1.82, 2.24) is 5.32 Å². The maximum Gasteiger partial charge on any atom is 0.322 e. The van der Waals surface area contributed by atoms with Gasteiger partial charge in [-0.1, -0.05) is 18.7 Å². The molecule has 29 heavy (non-hydrogen) atoms. The van der Waals surface area contributed by atoms with E-state index in [0.29, 0.717) is 6.42 Å². The molecular weight excluding hydrogens is 468 g/mol. The number of rotatable bonds is 14. The van der Waals surface area contributed by atoms with Crippen LogP contribution in [-0.4, -0.2) is 59.8 Å². The van der Waals surface area contributed by atoms with Crippen LogP contribution in [-0.2, 0) is 33.4 Å². The summed E-state index contributed by atoms with van der Waals surface area (Å²) in [5, 5.41) is 2.45. The first kappa shape index (κ1) is 29.7. The Bertz CT molecular complexity index is 560. The highest BCUT2D eigenvalue weighted by atomic mass is 79.9. The van der Waals surface area contributed by atoms with Crippen LogP contribution >= 0.6 is 11.8 Å². The minimum absolute atomic E-state index is 0. The molecule has 0 radical (unpaired) electrons. The molecule has 9 nitrogen and oxygen atoms in total. The summed E-state index contributed by atoms with van der Waals surface area (Å²) < 4.78 is 9.55. The molecule has 0 saturated heterocycles. The van der Waals surface area contributed by atoms with Gasteiger partial charge in [-0.3, -0.25) is 24.0 Å². The van der Waals surface area contributed by atoms with Gasteiger partial charge in [0.2, 0.25) is 5.91 Å². The number of thioether (sulfide) groups is 1. The molecule has 0 aliphatic rings. The van der Waals surface area contributed by atoms with Gasteiger partial charge in [-0.15, -0.1) is 0 Å². The number of hydrogen-bond acceptors (Lipinski definition) is 9. The summed E-state index contributed by atoms with van der Waals surface area (Å²) in [6, 6.07) is -1.85. The molecule has 3 N–H and O–H groups in total. The van der Waals surface area contributed by atoms with E-state index in [-0.39, 0.29) is 72.5 Å². The second-order valence-electron chi connectivity index (χ2n) is 5.83. The zero-order valence-electron chi connectivity index (χ0n) is 17.0. The number of ether oxygens (including phenoxy) is 2. The summed E-state index contributed by atoms with van der Waals surface area (Å²) in [6.45, 7) is 5.42. The van der Waals surface area contributed by atoms with Crippen molar-refractivity contribution >= 4 is 40.5 Å². The van der Waals surface area contributed by atoms with Crippen LogP contribution in [0.4, 0.5) is 0 Å². The Morgan fingerprint density at radius 2 is 1.59 bits per heavy atom. The fourth-order valence-electron chi connectivity index (χ4n) is 2.05. The fraction of sp³-hybridized carbons (Fsp3) is 0.722. The summed E-state index contributed by atoms with van der Waals surface area (Å²) in [5.74, 6) is -1.87. The number of nitrogens with two attached hydrogens (primary N) is 1. The summed E-state index contributed by atoms with van der Waals surface area (Å²) in [4.78, 5) is 58.9. The van der Waals surface area contributed by atoms with E-state index in [2.05, 4.69) is 5.32 Å². The summed E-state index contributed by atoms with van der Waals surface area (Å²) in [7, 11) is 0. The Kier molecular flexibility index (Phi) is 17.8. The lowest BCUT2D eigenvalue weighted by molar-refractivity contribution is -0.145. The second-order valence-corrected chi connectivity index (χ2v) is 6.90. The number of nitrogens with one attached hydrogen (secondary N) is 1. The van der Waals surface area contributed by atoms with Crippen LogP contribution in [0, 0.1) is 0 Å². The van der Waals surface area contributed by atoms with Crippen molar-refractivity contribution in [2.24, 2.45) is 5.73 Å². The first-order valence-corrected chi connectivity index (χ1v) is 10.3. The second kappa shape index (κ2) is 17.4. The fourth-order valence-corrected chi connectivity index (χ4v) is 2.87. The zero-order chi connectivity index (χ0) is 21.5. The van der Waals surface area contributed by atoms with Crippen molar-refractivity contribution in [1.29, 1.82) is 0 Å². The number of ketones is 1. The van der Waals surface area contributed by atoms with E-state index in [0.717, 1.165) is 11.8 Å². The molecule has 2 atom stereocenters. The van der Waals surface area contributed by atoms with Gasteiger partial charge in [-0.25, -0.2) is 0 Å². The molecule has 11 heteroatoms. The van der Waals surface area contributed by atoms with E-state index < -0.39 is 29.9 Å². The predicted molar refractivity (Wildman–Crippen MR) is 104 cm³/mol. The molecule has 0 rings (SSSR count). The van der Waals surface area contributed by atoms with Crippen LogP contribution in [0.15, 0.2) is 0 Å². The Morgan fingerprint density at radius 3 is 2.14 bits per heavy atom. The van der Waals surface area contributed by atoms with Crippen LogP contribution in [0.2, 0.25) is 0 Å². The minimum atomic E-state index is -0.931. The van der Waals surface area contributed by atoms with Gasteiger partial charge in [-0.2, -0.15) is 0 Å². The lowest BCUT2D eigenvalue weighted by Gasteiger charge is -2.17. The SMILES string of the molecule is CCOC(=O)CCC(=O)C(CSC(=O)CC)NC(=O)CCC(N)C(=O)OCC.[Br-]. The monoisotopic (exact) mass is 497 g/mol. The summed E-state index contributed by atoms with van der Waals surface area (Å²) in [6.07, 6.45) is 0.0897. The van der Waals surface area contributed by atoms with E-state index in [4.69, 9.17) is 15.2 Å². The van der Waals surface area contributed by atoms with Gasteiger partial charge in [0.15, 0.2) is 10.9 Å². The highest BCUT2D eigenvalue weighted by molar-refractivity contribution is 8.13. The molecule has 1 amide bonds. The van der Waals surface area contributed by atoms with E-state index in [1.165, 1.54) is 0 Å². The number of carbonyl (C=O) groups excluding carboxylic acids is 5. The maximum absolute atomic E-state index is 12.4. The topological polar surface area (TPSA) is 142 Å². The van der Waals surface area contributed by atoms with Gasteiger partial charge < -0.3 is 37.5 Å². The van der Waals surface area contributed by atoms with Crippen LogP contribution in [0.3, 0.4) is 0 Å². The van der Waals surface area contributed by atoms with Gasteiger partial charge in [-0.05, 0) is 20.3 Å². The van der Waals surface area contributed by atoms with Crippen molar-refractivity contribution < 1.29 is 50.4 Å². The number of halogens is 1. The molecular formula is C18H30BrN2O7S-. The Morgan fingerprint density at radius 1 is 0.966 bits per heavy atom. The molecule has 0 aromatic heterocycles. The molecule has 0 bridgehead atoms. The van der Waals surface area contributed by atoms with Crippen LogP contribution in [0.1, 0.15) is 52.9 Å². The minimum Gasteiger partial charge on any atom is -1.00 e. The first-order chi connectivity index (χ1) is 13.2. The van der Waals surface area contributed by atoms with Crippen LogP contribution in [0.5, 0.6) is 0 Å². The average molecular weight is 498 g/mol. The average Bonchev–Trinajstić information content (AvgIpc) is 2.67. The standard InChI is InChI=1S/C18H30N2O7S.BrH/c1-4-17(24)28-11-13(14(21)8-10-16(23)26-5-2)20-15(22)9-7-12(19)18(25)27-6-3;/h12-13H,4-11,19H2,1-3H3,(H,20,22);1H/p-1. The molecule has 0 saturated carbocycles. The lowest BCUT2D eigenvalue weighted by Crippen LogP contribution is -3.00. The van der Waals surface area contributed by atoms with Crippen molar-refractivity contribution in [3.05, 3.63) is 0 Å². The largest absolute Gasteiger partial charge is 1.00 e. The Balaban J connectivity index is 0. The Hall–Kier alpha value is -1.46. The third-order valence-corrected chi connectivity index (χ3v) is 4.69.